The van der Waals surface area contributed by atoms with Crippen molar-refractivity contribution in [3.8, 4) is 0 Å². The van der Waals surface area contributed by atoms with Crippen LogP contribution < -0.4 is 5.56 Å². The van der Waals surface area contributed by atoms with Crippen LogP contribution in [0.5, 0.6) is 0 Å². The molecule has 1 aromatic rings. The smallest absolute Gasteiger partial charge is 0.302 e. The van der Waals surface area contributed by atoms with Crippen molar-refractivity contribution >= 4 is 23.0 Å². The van der Waals surface area contributed by atoms with Crippen molar-refractivity contribution < 1.29 is 24.5 Å². The van der Waals surface area contributed by atoms with Crippen molar-refractivity contribution in [2.75, 3.05) is 13.7 Å². The number of hydrogen-bond acceptors (Lipinski definition) is 7. The van der Waals surface area contributed by atoms with Gasteiger partial charge in [-0.05, 0) is 13.8 Å². The molecule has 0 fully saturated rings. The Labute approximate surface area is 155 Å². The highest BCUT2D eigenvalue weighted by atomic mass is 16.5. The number of aliphatic hydroxyl groups is 2. The minimum absolute atomic E-state index is 0.0145. The van der Waals surface area contributed by atoms with Crippen LogP contribution >= 0.6 is 0 Å². The van der Waals surface area contributed by atoms with E-state index in [0.29, 0.717) is 11.4 Å². The summed E-state index contributed by atoms with van der Waals surface area (Å²) < 4.78 is 5.99. The van der Waals surface area contributed by atoms with Gasteiger partial charge in [0, 0.05) is 25.4 Å². The molecule has 0 saturated carbocycles. The zero-order valence-electron chi connectivity index (χ0n) is 15.5. The zero-order valence-corrected chi connectivity index (χ0v) is 15.5. The van der Waals surface area contributed by atoms with Gasteiger partial charge in [0.25, 0.3) is 5.56 Å². The van der Waals surface area contributed by atoms with Crippen molar-refractivity contribution in [1.82, 2.24) is 9.78 Å². The molecular formula is C18H21N3O6. The predicted molar refractivity (Wildman–Crippen MR) is 98.8 cm³/mol. The molecule has 0 radical (unpaired) electrons. The number of Topliss-reactive ketones (excluding diaryl/α,β-unsaturated/α-hetero) is 1. The number of aromatic amines is 1. The van der Waals surface area contributed by atoms with Crippen molar-refractivity contribution in [2.24, 2.45) is 4.99 Å². The molecule has 0 aromatic carbocycles. The van der Waals surface area contributed by atoms with Crippen LogP contribution in [0.4, 0.5) is 0 Å². The molecule has 0 unspecified atom stereocenters. The Morgan fingerprint density at radius 2 is 1.96 bits per heavy atom. The van der Waals surface area contributed by atoms with Gasteiger partial charge in [0.1, 0.15) is 18.1 Å². The summed E-state index contributed by atoms with van der Waals surface area (Å²) in [5.41, 5.74) is -0.0446. The molecule has 1 aliphatic rings. The number of allylic oxidation sites excluding steroid dienone is 3. The quantitative estimate of drug-likeness (QED) is 0.297. The molecule has 3 N–H and O–H groups in total. The molecular weight excluding hydrogens is 354 g/mol. The average molecular weight is 375 g/mol. The van der Waals surface area contributed by atoms with Crippen LogP contribution in [0.15, 0.2) is 39.0 Å². The minimum Gasteiger partial charge on any atom is -0.508 e. The van der Waals surface area contributed by atoms with Crippen molar-refractivity contribution in [3.63, 3.8) is 0 Å². The number of nitrogens with zero attached hydrogens (tertiary/aromatic N) is 2. The molecule has 2 rings (SSSR count). The number of H-pyrrole nitrogens is 1. The summed E-state index contributed by atoms with van der Waals surface area (Å²) in [7, 11) is 1.47. The van der Waals surface area contributed by atoms with Gasteiger partial charge in [-0.15, -0.1) is 0 Å². The first-order chi connectivity index (χ1) is 12.6. The lowest BCUT2D eigenvalue weighted by Crippen LogP contribution is -2.29. The molecule has 0 saturated heterocycles. The number of carbonyl (C=O) groups excluding carboxylic acids is 2. The second kappa shape index (κ2) is 7.48. The number of aliphatic hydroxyl groups excluding tert-OH is 2. The number of ketones is 1. The normalized spacial score (nSPS) is 16.3. The second-order valence-corrected chi connectivity index (χ2v) is 5.97. The standard InChI is InChI=1S/C18H21N3O6/c1-8(19-5)12(10(3)22)14-16(24)15(17(14)25)13-9(2)20-21(18(13)26)6-7-27-11(4)23/h20,22,24H,3,6-7H2,1-2,4-5H3/b14-12+,19-8?. The van der Waals surface area contributed by atoms with Crippen LogP contribution in [0.1, 0.15) is 25.1 Å². The van der Waals surface area contributed by atoms with Crippen molar-refractivity contribution in [1.29, 1.82) is 0 Å². The fraction of sp³-hybridized carbons (Fsp3) is 0.333. The van der Waals surface area contributed by atoms with Gasteiger partial charge in [-0.3, -0.25) is 24.5 Å². The Morgan fingerprint density at radius 1 is 1.33 bits per heavy atom. The molecule has 0 spiro atoms. The molecule has 0 aliphatic heterocycles. The number of aromatic nitrogens is 2. The molecule has 0 bridgehead atoms. The largest absolute Gasteiger partial charge is 0.508 e. The second-order valence-electron chi connectivity index (χ2n) is 5.97. The summed E-state index contributed by atoms with van der Waals surface area (Å²) in [4.78, 5) is 40.0. The molecule has 1 heterocycles. The maximum Gasteiger partial charge on any atom is 0.302 e. The highest BCUT2D eigenvalue weighted by Gasteiger charge is 2.41. The van der Waals surface area contributed by atoms with E-state index in [4.69, 9.17) is 4.74 Å². The SMILES string of the molecule is C=C(O)/C(C(C)=NC)=C1/C(=O)C(c2c(C)[nH]n(CCOC(C)=O)c2=O)=C1O. The molecule has 0 amide bonds. The maximum atomic E-state index is 12.6. The van der Waals surface area contributed by atoms with E-state index in [2.05, 4.69) is 16.7 Å². The van der Waals surface area contributed by atoms with E-state index < -0.39 is 28.8 Å². The van der Waals surface area contributed by atoms with Crippen LogP contribution in [-0.4, -0.2) is 51.1 Å². The van der Waals surface area contributed by atoms with Crippen LogP contribution in [0.25, 0.3) is 5.57 Å². The predicted octanol–water partition coefficient (Wildman–Crippen LogP) is 1.36. The number of carbonyl (C=O) groups is 2. The zero-order chi connectivity index (χ0) is 20.5. The minimum atomic E-state index is -0.591. The van der Waals surface area contributed by atoms with E-state index in [1.54, 1.807) is 13.8 Å². The fourth-order valence-electron chi connectivity index (χ4n) is 2.85. The third kappa shape index (κ3) is 3.48. The number of aryl methyl sites for hydroxylation is 1. The first-order valence-electron chi connectivity index (χ1n) is 8.09. The van der Waals surface area contributed by atoms with Crippen LogP contribution in [0.3, 0.4) is 0 Å². The molecule has 1 aliphatic carbocycles. The van der Waals surface area contributed by atoms with Crippen LogP contribution in [0, 0.1) is 6.92 Å². The Morgan fingerprint density at radius 3 is 2.44 bits per heavy atom. The Bertz CT molecular complexity index is 987. The average Bonchev–Trinajstić information content (AvgIpc) is 2.86. The molecule has 9 heteroatoms. The van der Waals surface area contributed by atoms with Crippen LogP contribution in [0.2, 0.25) is 0 Å². The summed E-state index contributed by atoms with van der Waals surface area (Å²) in [6.07, 6.45) is 0. The van der Waals surface area contributed by atoms with Gasteiger partial charge < -0.3 is 14.9 Å². The summed E-state index contributed by atoms with van der Waals surface area (Å²) in [6, 6.07) is 0. The van der Waals surface area contributed by atoms with Crippen molar-refractivity contribution in [3.05, 3.63) is 50.9 Å². The lowest BCUT2D eigenvalue weighted by Gasteiger charge is -2.23. The number of ether oxygens (including phenoxy) is 1. The van der Waals surface area contributed by atoms with E-state index in [9.17, 15) is 24.6 Å². The maximum absolute atomic E-state index is 12.6. The highest BCUT2D eigenvalue weighted by molar-refractivity contribution is 6.41. The summed E-state index contributed by atoms with van der Waals surface area (Å²) in [5, 5.41) is 23.0. The van der Waals surface area contributed by atoms with E-state index in [-0.39, 0.29) is 35.4 Å². The molecule has 0 atom stereocenters. The molecule has 9 nitrogen and oxygen atoms in total. The van der Waals surface area contributed by atoms with Gasteiger partial charge in [0.2, 0.25) is 5.78 Å². The van der Waals surface area contributed by atoms with Gasteiger partial charge in [-0.25, -0.2) is 4.68 Å². The topological polar surface area (TPSA) is 134 Å². The van der Waals surface area contributed by atoms with Gasteiger partial charge in [0.05, 0.1) is 28.8 Å². The molecule has 1 aromatic heterocycles. The van der Waals surface area contributed by atoms with E-state index in [1.165, 1.54) is 18.7 Å². The molecule has 27 heavy (non-hydrogen) atoms. The summed E-state index contributed by atoms with van der Waals surface area (Å²) >= 11 is 0. The van der Waals surface area contributed by atoms with E-state index in [1.807, 2.05) is 0 Å². The van der Waals surface area contributed by atoms with E-state index in [0.717, 1.165) is 0 Å². The van der Waals surface area contributed by atoms with Gasteiger partial charge >= 0.3 is 5.97 Å². The van der Waals surface area contributed by atoms with Crippen molar-refractivity contribution in [2.45, 2.75) is 27.3 Å². The first-order valence-corrected chi connectivity index (χ1v) is 8.09. The third-order valence-corrected chi connectivity index (χ3v) is 4.17. The molecule has 144 valence electrons. The lowest BCUT2D eigenvalue weighted by molar-refractivity contribution is -0.141. The Hall–Kier alpha value is -3.36. The lowest BCUT2D eigenvalue weighted by atomic mass is 9.79. The monoisotopic (exact) mass is 375 g/mol. The first kappa shape index (κ1) is 20.0. The highest BCUT2D eigenvalue weighted by Crippen LogP contribution is 2.39. The number of nitrogens with one attached hydrogen (secondary N) is 1. The number of rotatable bonds is 6. The number of hydrogen-bond donors (Lipinski definition) is 3. The Balaban J connectivity index is 2.52. The summed E-state index contributed by atoms with van der Waals surface area (Å²) in [6.45, 7) is 7.86. The van der Waals surface area contributed by atoms with E-state index >= 15 is 0 Å². The van der Waals surface area contributed by atoms with Gasteiger partial charge in [0.15, 0.2) is 0 Å². The van der Waals surface area contributed by atoms with Crippen LogP contribution in [-0.2, 0) is 20.9 Å². The van der Waals surface area contributed by atoms with Gasteiger partial charge in [-0.1, -0.05) is 6.58 Å². The Kier molecular flexibility index (Phi) is 5.53. The fourth-order valence-corrected chi connectivity index (χ4v) is 2.85. The number of aliphatic imine (C=N–C) groups is 1. The third-order valence-electron chi connectivity index (χ3n) is 4.17. The summed E-state index contributed by atoms with van der Waals surface area (Å²) in [5.74, 6) is -1.87. The number of esters is 1. The van der Waals surface area contributed by atoms with Gasteiger partial charge in [-0.2, -0.15) is 0 Å².